The largest absolute Gasteiger partial charge is 0.339 e. The molecule has 0 bridgehead atoms. The Kier molecular flexibility index (Phi) is 5.10. The van der Waals surface area contributed by atoms with Gasteiger partial charge in [0.25, 0.3) is 0 Å². The van der Waals surface area contributed by atoms with Gasteiger partial charge in [0.2, 0.25) is 11.8 Å². The van der Waals surface area contributed by atoms with Crippen LogP contribution in [-0.4, -0.2) is 55.8 Å². The summed E-state index contributed by atoms with van der Waals surface area (Å²) >= 11 is 0. The molecule has 2 amide bonds. The van der Waals surface area contributed by atoms with E-state index in [9.17, 15) is 18.0 Å². The minimum atomic E-state index is -3.05. The van der Waals surface area contributed by atoms with Gasteiger partial charge in [0.05, 0.1) is 17.4 Å². The molecule has 0 aromatic heterocycles. The maximum Gasteiger partial charge on any atom is 0.228 e. The van der Waals surface area contributed by atoms with Crippen molar-refractivity contribution in [1.82, 2.24) is 4.90 Å². The molecule has 1 aromatic rings. The molecule has 2 aliphatic heterocycles. The van der Waals surface area contributed by atoms with Crippen LogP contribution in [0.25, 0.3) is 0 Å². The van der Waals surface area contributed by atoms with Crippen LogP contribution in [0.5, 0.6) is 0 Å². The van der Waals surface area contributed by atoms with Gasteiger partial charge in [-0.05, 0) is 50.5 Å². The normalized spacial score (nSPS) is 24.9. The fourth-order valence-electron chi connectivity index (χ4n) is 3.87. The van der Waals surface area contributed by atoms with E-state index in [1.807, 2.05) is 39.0 Å². The Morgan fingerprint density at radius 2 is 2.00 bits per heavy atom. The zero-order valence-corrected chi connectivity index (χ0v) is 16.4. The third-order valence-electron chi connectivity index (χ3n) is 5.55. The zero-order chi connectivity index (χ0) is 19.1. The molecule has 7 heteroatoms. The number of amides is 2. The molecular weight excluding hydrogens is 352 g/mol. The summed E-state index contributed by atoms with van der Waals surface area (Å²) in [5.74, 6) is -0.392. The molecule has 2 unspecified atom stereocenters. The summed E-state index contributed by atoms with van der Waals surface area (Å²) in [5.41, 5.74) is 3.09. The lowest BCUT2D eigenvalue weighted by Crippen LogP contribution is -2.44. The summed E-state index contributed by atoms with van der Waals surface area (Å²) in [6.45, 7) is 6.71. The predicted molar refractivity (Wildman–Crippen MR) is 101 cm³/mol. The van der Waals surface area contributed by atoms with E-state index in [1.165, 1.54) is 0 Å². The lowest BCUT2D eigenvalue weighted by molar-refractivity contribution is -0.137. The smallest absolute Gasteiger partial charge is 0.228 e. The van der Waals surface area contributed by atoms with Crippen molar-refractivity contribution < 1.29 is 18.0 Å². The molecular formula is C19H26N2O4S. The molecule has 2 heterocycles. The van der Waals surface area contributed by atoms with Crippen molar-refractivity contribution in [2.75, 3.05) is 29.5 Å². The van der Waals surface area contributed by atoms with Crippen LogP contribution < -0.4 is 4.90 Å². The Bertz CT molecular complexity index is 834. The number of hydrogen-bond donors (Lipinski definition) is 0. The number of aryl methyl sites for hydroxylation is 2. The fraction of sp³-hybridized carbons (Fsp3) is 0.579. The van der Waals surface area contributed by atoms with Gasteiger partial charge in [-0.15, -0.1) is 0 Å². The van der Waals surface area contributed by atoms with Crippen LogP contribution in [0.3, 0.4) is 0 Å². The van der Waals surface area contributed by atoms with Crippen LogP contribution in [-0.2, 0) is 19.4 Å². The highest BCUT2D eigenvalue weighted by Crippen LogP contribution is 2.29. The summed E-state index contributed by atoms with van der Waals surface area (Å²) in [5, 5.41) is 0. The first-order chi connectivity index (χ1) is 12.2. The number of sulfone groups is 1. The van der Waals surface area contributed by atoms with E-state index in [0.29, 0.717) is 19.5 Å². The summed E-state index contributed by atoms with van der Waals surface area (Å²) in [6.07, 6.45) is 0.672. The Morgan fingerprint density at radius 1 is 1.27 bits per heavy atom. The maximum absolute atomic E-state index is 13.0. The minimum absolute atomic E-state index is 0.0358. The second-order valence-electron chi connectivity index (χ2n) is 7.36. The molecule has 2 saturated heterocycles. The lowest BCUT2D eigenvalue weighted by atomic mass is 10.1. The second kappa shape index (κ2) is 7.02. The molecule has 6 nitrogen and oxygen atoms in total. The van der Waals surface area contributed by atoms with Crippen LogP contribution in [0.1, 0.15) is 30.9 Å². The highest BCUT2D eigenvalue weighted by Gasteiger charge is 2.41. The van der Waals surface area contributed by atoms with Crippen molar-refractivity contribution in [3.05, 3.63) is 29.3 Å². The van der Waals surface area contributed by atoms with Gasteiger partial charge in [-0.25, -0.2) is 8.42 Å². The zero-order valence-electron chi connectivity index (χ0n) is 15.6. The molecule has 0 aliphatic carbocycles. The third kappa shape index (κ3) is 3.63. The van der Waals surface area contributed by atoms with Crippen LogP contribution in [0.15, 0.2) is 18.2 Å². The van der Waals surface area contributed by atoms with Crippen LogP contribution >= 0.6 is 0 Å². The SMILES string of the molecule is CCN(C(=O)C1CC(=O)N(c2ccc(C)c(C)c2)C1)C1CCS(=O)(=O)C1. The quantitative estimate of drug-likeness (QED) is 0.799. The molecule has 0 radical (unpaired) electrons. The number of carbonyl (C=O) groups excluding carboxylic acids is 2. The molecule has 1 aromatic carbocycles. The summed E-state index contributed by atoms with van der Waals surface area (Å²) < 4.78 is 23.5. The van der Waals surface area contributed by atoms with Gasteiger partial charge in [0.1, 0.15) is 0 Å². The minimum Gasteiger partial charge on any atom is -0.339 e. The molecule has 2 fully saturated rings. The summed E-state index contributed by atoms with van der Waals surface area (Å²) in [4.78, 5) is 28.8. The topological polar surface area (TPSA) is 74.8 Å². The van der Waals surface area contributed by atoms with E-state index in [4.69, 9.17) is 0 Å². The standard InChI is InChI=1S/C19H26N2O4S/c1-4-20(17-7-8-26(24,25)12-17)19(23)15-10-18(22)21(11-15)16-6-5-13(2)14(3)9-16/h5-6,9,15,17H,4,7-8,10-12H2,1-3H3. The molecule has 26 heavy (non-hydrogen) atoms. The van der Waals surface area contributed by atoms with Crippen molar-refractivity contribution in [2.24, 2.45) is 5.92 Å². The molecule has 0 spiro atoms. The monoisotopic (exact) mass is 378 g/mol. The number of hydrogen-bond acceptors (Lipinski definition) is 4. The van der Waals surface area contributed by atoms with Crippen LogP contribution in [0.2, 0.25) is 0 Å². The second-order valence-corrected chi connectivity index (χ2v) is 9.58. The van der Waals surface area contributed by atoms with Gasteiger partial charge in [-0.1, -0.05) is 6.07 Å². The molecule has 2 atom stereocenters. The first-order valence-corrected chi connectivity index (χ1v) is 10.9. The lowest BCUT2D eigenvalue weighted by Gasteiger charge is -2.29. The average molecular weight is 378 g/mol. The van der Waals surface area contributed by atoms with Gasteiger partial charge in [0.15, 0.2) is 9.84 Å². The highest BCUT2D eigenvalue weighted by molar-refractivity contribution is 7.91. The van der Waals surface area contributed by atoms with E-state index in [1.54, 1.807) is 9.80 Å². The van der Waals surface area contributed by atoms with E-state index in [-0.39, 0.29) is 35.8 Å². The number of carbonyl (C=O) groups is 2. The van der Waals surface area contributed by atoms with Crippen molar-refractivity contribution in [2.45, 2.75) is 39.7 Å². The Balaban J connectivity index is 1.74. The molecule has 2 aliphatic rings. The van der Waals surface area contributed by atoms with E-state index in [2.05, 4.69) is 0 Å². The first-order valence-electron chi connectivity index (χ1n) is 9.10. The average Bonchev–Trinajstić information content (AvgIpc) is 3.13. The predicted octanol–water partition coefficient (Wildman–Crippen LogP) is 1.69. The Hall–Kier alpha value is -1.89. The Labute approximate surface area is 155 Å². The highest BCUT2D eigenvalue weighted by atomic mass is 32.2. The van der Waals surface area contributed by atoms with Crippen molar-refractivity contribution in [3.63, 3.8) is 0 Å². The first kappa shape index (κ1) is 18.9. The molecule has 3 rings (SSSR count). The van der Waals surface area contributed by atoms with Gasteiger partial charge >= 0.3 is 0 Å². The van der Waals surface area contributed by atoms with E-state index < -0.39 is 15.8 Å². The van der Waals surface area contributed by atoms with Gasteiger partial charge < -0.3 is 9.80 Å². The fourth-order valence-corrected chi connectivity index (χ4v) is 5.60. The summed E-state index contributed by atoms with van der Waals surface area (Å²) in [6, 6.07) is 5.60. The molecule has 142 valence electrons. The molecule has 0 saturated carbocycles. The number of nitrogens with zero attached hydrogens (tertiary/aromatic N) is 2. The number of rotatable bonds is 4. The number of benzene rings is 1. The number of anilines is 1. The van der Waals surface area contributed by atoms with E-state index >= 15 is 0 Å². The molecule has 0 N–H and O–H groups in total. The van der Waals surface area contributed by atoms with Gasteiger partial charge in [0, 0.05) is 31.2 Å². The maximum atomic E-state index is 13.0. The van der Waals surface area contributed by atoms with Crippen molar-refractivity contribution >= 4 is 27.3 Å². The van der Waals surface area contributed by atoms with Crippen LogP contribution in [0.4, 0.5) is 5.69 Å². The van der Waals surface area contributed by atoms with Crippen LogP contribution in [0, 0.1) is 19.8 Å². The summed E-state index contributed by atoms with van der Waals surface area (Å²) in [7, 11) is -3.05. The third-order valence-corrected chi connectivity index (χ3v) is 7.30. The van der Waals surface area contributed by atoms with Crippen molar-refractivity contribution in [3.8, 4) is 0 Å². The van der Waals surface area contributed by atoms with Crippen molar-refractivity contribution in [1.29, 1.82) is 0 Å². The Morgan fingerprint density at radius 3 is 2.58 bits per heavy atom. The van der Waals surface area contributed by atoms with E-state index in [0.717, 1.165) is 16.8 Å². The van der Waals surface area contributed by atoms with Gasteiger partial charge in [-0.2, -0.15) is 0 Å². The van der Waals surface area contributed by atoms with Gasteiger partial charge in [-0.3, -0.25) is 9.59 Å².